The molecule has 4 rings (SSSR count). The van der Waals surface area contributed by atoms with E-state index < -0.39 is 23.1 Å². The van der Waals surface area contributed by atoms with Crippen molar-refractivity contribution in [3.05, 3.63) is 70.8 Å². The van der Waals surface area contributed by atoms with Gasteiger partial charge in [-0.15, -0.1) is 5.10 Å². The molecule has 2 aromatic carbocycles. The molecule has 0 aliphatic rings. The zero-order valence-electron chi connectivity index (χ0n) is 15.5. The summed E-state index contributed by atoms with van der Waals surface area (Å²) in [4.78, 5) is 29.0. The zero-order valence-corrected chi connectivity index (χ0v) is 15.5. The second kappa shape index (κ2) is 7.70. The van der Waals surface area contributed by atoms with Gasteiger partial charge >= 0.3 is 0 Å². The maximum atomic E-state index is 14.1. The minimum atomic E-state index is -0.884. The van der Waals surface area contributed by atoms with E-state index in [1.54, 1.807) is 24.3 Å². The Bertz CT molecular complexity index is 1320. The first kappa shape index (κ1) is 19.2. The summed E-state index contributed by atoms with van der Waals surface area (Å²) in [6.07, 6.45) is 1.14. The van der Waals surface area contributed by atoms with Gasteiger partial charge in [0.15, 0.2) is 17.0 Å². The molecule has 1 N–H and O–H groups in total. The third-order valence-corrected chi connectivity index (χ3v) is 4.23. The number of carbonyl (C=O) groups is 1. The first-order valence-corrected chi connectivity index (χ1v) is 8.66. The number of nitrogens with zero attached hydrogens (tertiary/aromatic N) is 5. The van der Waals surface area contributed by atoms with Crippen LogP contribution in [0.3, 0.4) is 0 Å². The highest BCUT2D eigenvalue weighted by Crippen LogP contribution is 2.18. The van der Waals surface area contributed by atoms with Crippen LogP contribution in [0.4, 0.5) is 14.5 Å². The van der Waals surface area contributed by atoms with Gasteiger partial charge in [0.05, 0.1) is 7.11 Å². The molecule has 2 heterocycles. The maximum Gasteiger partial charge on any atom is 0.284 e. The standard InChI is InChI=1S/C19H14F2N6O3/c1-30-13-4-2-3-12(8-13)23-16(28)9-26-10-22-18-17(19(26)29)24-25-27(18)15-6-5-11(20)7-14(15)21/h2-8,10H,9H2,1H3,(H,23,28). The van der Waals surface area contributed by atoms with Crippen molar-refractivity contribution in [2.75, 3.05) is 12.4 Å². The number of amides is 1. The van der Waals surface area contributed by atoms with Crippen LogP contribution in [0, 0.1) is 11.6 Å². The number of ether oxygens (including phenoxy) is 1. The highest BCUT2D eigenvalue weighted by atomic mass is 19.1. The topological polar surface area (TPSA) is 104 Å². The van der Waals surface area contributed by atoms with Crippen LogP contribution in [0.25, 0.3) is 16.9 Å². The average Bonchev–Trinajstić information content (AvgIpc) is 3.15. The Morgan fingerprint density at radius 1 is 1.20 bits per heavy atom. The third-order valence-electron chi connectivity index (χ3n) is 4.23. The van der Waals surface area contributed by atoms with Gasteiger partial charge in [0.1, 0.15) is 30.1 Å². The van der Waals surface area contributed by atoms with Gasteiger partial charge in [-0.1, -0.05) is 11.3 Å². The van der Waals surface area contributed by atoms with E-state index in [4.69, 9.17) is 4.74 Å². The Morgan fingerprint density at radius 3 is 2.80 bits per heavy atom. The van der Waals surface area contributed by atoms with Gasteiger partial charge in [-0.2, -0.15) is 4.68 Å². The summed E-state index contributed by atoms with van der Waals surface area (Å²) in [6, 6.07) is 9.64. The summed E-state index contributed by atoms with van der Waals surface area (Å²) < 4.78 is 34.3. The van der Waals surface area contributed by atoms with Crippen molar-refractivity contribution in [2.45, 2.75) is 6.54 Å². The second-order valence-electron chi connectivity index (χ2n) is 6.23. The molecule has 0 fully saturated rings. The summed E-state index contributed by atoms with van der Waals surface area (Å²) in [5, 5.41) is 10.1. The van der Waals surface area contributed by atoms with Crippen molar-refractivity contribution in [3.63, 3.8) is 0 Å². The molecule has 9 nitrogen and oxygen atoms in total. The molecule has 152 valence electrons. The fraction of sp³-hybridized carbons (Fsp3) is 0.105. The number of carbonyl (C=O) groups excluding carboxylic acids is 1. The molecule has 0 aliphatic carbocycles. The Kier molecular flexibility index (Phi) is 4.92. The van der Waals surface area contributed by atoms with Crippen LogP contribution < -0.4 is 15.6 Å². The summed E-state index contributed by atoms with van der Waals surface area (Å²) in [7, 11) is 1.51. The number of halogens is 2. The summed E-state index contributed by atoms with van der Waals surface area (Å²) in [6.45, 7) is -0.323. The molecule has 11 heteroatoms. The van der Waals surface area contributed by atoms with Gasteiger partial charge in [-0.25, -0.2) is 13.8 Å². The molecule has 4 aromatic rings. The van der Waals surface area contributed by atoms with E-state index in [0.29, 0.717) is 17.5 Å². The molecule has 0 bridgehead atoms. The Labute approximate surface area is 167 Å². The van der Waals surface area contributed by atoms with Crippen molar-refractivity contribution in [2.24, 2.45) is 0 Å². The zero-order chi connectivity index (χ0) is 21.3. The average molecular weight is 412 g/mol. The van der Waals surface area contributed by atoms with E-state index in [9.17, 15) is 18.4 Å². The van der Waals surface area contributed by atoms with E-state index in [1.807, 2.05) is 0 Å². The van der Waals surface area contributed by atoms with Gasteiger partial charge in [0.25, 0.3) is 5.56 Å². The van der Waals surface area contributed by atoms with Crippen LogP contribution in [0.15, 0.2) is 53.6 Å². The molecular weight excluding hydrogens is 398 g/mol. The quantitative estimate of drug-likeness (QED) is 0.537. The lowest BCUT2D eigenvalue weighted by molar-refractivity contribution is -0.116. The Hall–Kier alpha value is -4.15. The molecule has 30 heavy (non-hydrogen) atoms. The van der Waals surface area contributed by atoms with Gasteiger partial charge in [0, 0.05) is 17.8 Å². The molecule has 0 aliphatic heterocycles. The number of hydrogen-bond donors (Lipinski definition) is 1. The van der Waals surface area contributed by atoms with Crippen molar-refractivity contribution in [1.29, 1.82) is 0 Å². The molecule has 0 saturated carbocycles. The van der Waals surface area contributed by atoms with Crippen LogP contribution >= 0.6 is 0 Å². The number of rotatable bonds is 5. The summed E-state index contributed by atoms with van der Waals surface area (Å²) in [5.41, 5.74) is -0.418. The van der Waals surface area contributed by atoms with Crippen molar-refractivity contribution >= 4 is 22.8 Å². The van der Waals surface area contributed by atoms with Gasteiger partial charge in [0.2, 0.25) is 5.91 Å². The van der Waals surface area contributed by atoms with Gasteiger partial charge < -0.3 is 10.1 Å². The second-order valence-corrected chi connectivity index (χ2v) is 6.23. The van der Waals surface area contributed by atoms with Crippen molar-refractivity contribution in [3.8, 4) is 11.4 Å². The molecular formula is C19H14F2N6O3. The van der Waals surface area contributed by atoms with Crippen molar-refractivity contribution < 1.29 is 18.3 Å². The normalized spacial score (nSPS) is 10.9. The number of benzene rings is 2. The van der Waals surface area contributed by atoms with Crippen molar-refractivity contribution in [1.82, 2.24) is 24.5 Å². The smallest absolute Gasteiger partial charge is 0.284 e. The first-order chi connectivity index (χ1) is 14.5. The SMILES string of the molecule is COc1cccc(NC(=O)Cn2cnc3c(nnn3-c3ccc(F)cc3F)c2=O)c1. The van der Waals surface area contributed by atoms with E-state index in [1.165, 1.54) is 7.11 Å². The molecule has 1 amide bonds. The number of hydrogen-bond acceptors (Lipinski definition) is 6. The van der Waals surface area contributed by atoms with Gasteiger partial charge in [-0.05, 0) is 24.3 Å². The first-order valence-electron chi connectivity index (χ1n) is 8.66. The van der Waals surface area contributed by atoms with E-state index in [2.05, 4.69) is 20.6 Å². The summed E-state index contributed by atoms with van der Waals surface area (Å²) in [5.74, 6) is -1.54. The van der Waals surface area contributed by atoms with Gasteiger partial charge in [-0.3, -0.25) is 14.2 Å². The Balaban J connectivity index is 1.61. The minimum absolute atomic E-state index is 0.0186. The molecule has 0 unspecified atom stereocenters. The molecule has 2 aromatic heterocycles. The third kappa shape index (κ3) is 3.60. The van der Waals surface area contributed by atoms with E-state index in [0.717, 1.165) is 27.7 Å². The molecule has 0 saturated heterocycles. The number of fused-ring (bicyclic) bond motifs is 1. The maximum absolute atomic E-state index is 14.1. The summed E-state index contributed by atoms with van der Waals surface area (Å²) >= 11 is 0. The largest absolute Gasteiger partial charge is 0.497 e. The van der Waals surface area contributed by atoms with Crippen LogP contribution in [0.1, 0.15) is 0 Å². The monoisotopic (exact) mass is 412 g/mol. The van der Waals surface area contributed by atoms with E-state index in [-0.39, 0.29) is 23.4 Å². The number of anilines is 1. The highest BCUT2D eigenvalue weighted by molar-refractivity contribution is 5.90. The van der Waals surface area contributed by atoms with Crippen LogP contribution in [-0.4, -0.2) is 37.6 Å². The number of aromatic nitrogens is 5. The predicted octanol–water partition coefficient (Wildman–Crippen LogP) is 1.90. The lowest BCUT2D eigenvalue weighted by Gasteiger charge is -2.08. The minimum Gasteiger partial charge on any atom is -0.497 e. The van der Waals surface area contributed by atoms with Crippen LogP contribution in [0.5, 0.6) is 5.75 Å². The number of nitrogens with one attached hydrogen (secondary N) is 1. The lowest BCUT2D eigenvalue weighted by Crippen LogP contribution is -2.28. The van der Waals surface area contributed by atoms with Crippen LogP contribution in [0.2, 0.25) is 0 Å². The number of methoxy groups -OCH3 is 1. The Morgan fingerprint density at radius 2 is 2.03 bits per heavy atom. The fourth-order valence-electron chi connectivity index (χ4n) is 2.83. The van der Waals surface area contributed by atoms with Crippen LogP contribution in [-0.2, 0) is 11.3 Å². The highest BCUT2D eigenvalue weighted by Gasteiger charge is 2.17. The van der Waals surface area contributed by atoms with E-state index >= 15 is 0 Å². The predicted molar refractivity (Wildman–Crippen MR) is 102 cm³/mol. The molecule has 0 radical (unpaired) electrons. The molecule has 0 spiro atoms. The lowest BCUT2D eigenvalue weighted by atomic mass is 10.3. The molecule has 0 atom stereocenters. The fourth-order valence-corrected chi connectivity index (χ4v) is 2.83.